The first-order valence-electron chi connectivity index (χ1n) is 5.65. The van der Waals surface area contributed by atoms with Gasteiger partial charge in [-0.25, -0.2) is 12.7 Å². The van der Waals surface area contributed by atoms with Gasteiger partial charge in [-0.2, -0.15) is 0 Å². The number of hydrogen-bond acceptors (Lipinski definition) is 3. The normalized spacial score (nSPS) is 12.7. The second-order valence-electron chi connectivity index (χ2n) is 3.66. The molecule has 4 nitrogen and oxygen atoms in total. The lowest BCUT2D eigenvalue weighted by Gasteiger charge is -2.25. The molecule has 0 aromatic carbocycles. The summed E-state index contributed by atoms with van der Waals surface area (Å²) >= 11 is 0. The molecule has 1 N–H and O–H groups in total. The molecule has 92 valence electrons. The van der Waals surface area contributed by atoms with E-state index >= 15 is 0 Å². The molecular weight excluding hydrogens is 212 g/mol. The van der Waals surface area contributed by atoms with E-state index in [1.165, 1.54) is 4.31 Å². The molecule has 0 unspecified atom stereocenters. The Hall–Kier alpha value is -0.130. The number of nitrogens with zero attached hydrogens (tertiary/aromatic N) is 1. The van der Waals surface area contributed by atoms with Gasteiger partial charge in [0, 0.05) is 19.6 Å². The first kappa shape index (κ1) is 14.9. The maximum atomic E-state index is 11.9. The monoisotopic (exact) mass is 236 g/mol. The van der Waals surface area contributed by atoms with Crippen molar-refractivity contribution in [2.75, 3.05) is 25.9 Å². The van der Waals surface area contributed by atoms with Gasteiger partial charge in [-0.15, -0.1) is 0 Å². The molecule has 5 heteroatoms. The molecule has 0 radical (unpaired) electrons. The summed E-state index contributed by atoms with van der Waals surface area (Å²) in [5, 5.41) is 3.03. The highest BCUT2D eigenvalue weighted by Crippen LogP contribution is 2.11. The van der Waals surface area contributed by atoms with Crippen molar-refractivity contribution in [2.24, 2.45) is 0 Å². The van der Waals surface area contributed by atoms with Crippen molar-refractivity contribution in [1.29, 1.82) is 0 Å². The van der Waals surface area contributed by atoms with Gasteiger partial charge in [0.15, 0.2) is 0 Å². The number of sulfonamides is 1. The third-order valence-corrected chi connectivity index (χ3v) is 4.58. The Morgan fingerprint density at radius 2 is 1.73 bits per heavy atom. The summed E-state index contributed by atoms with van der Waals surface area (Å²) < 4.78 is 25.2. The van der Waals surface area contributed by atoms with Gasteiger partial charge in [0.05, 0.1) is 5.75 Å². The lowest BCUT2D eigenvalue weighted by atomic mass is 10.2. The fourth-order valence-corrected chi connectivity index (χ4v) is 2.99. The molecule has 0 bridgehead atoms. The van der Waals surface area contributed by atoms with E-state index in [-0.39, 0.29) is 11.8 Å². The summed E-state index contributed by atoms with van der Waals surface area (Å²) in [5.41, 5.74) is 0. The fraction of sp³-hybridized carbons (Fsp3) is 1.00. The van der Waals surface area contributed by atoms with Gasteiger partial charge in [-0.3, -0.25) is 0 Å². The van der Waals surface area contributed by atoms with Crippen molar-refractivity contribution < 1.29 is 8.42 Å². The van der Waals surface area contributed by atoms with Crippen LogP contribution in [0.4, 0.5) is 0 Å². The highest BCUT2D eigenvalue weighted by molar-refractivity contribution is 7.89. The van der Waals surface area contributed by atoms with Crippen LogP contribution >= 0.6 is 0 Å². The summed E-state index contributed by atoms with van der Waals surface area (Å²) in [7, 11) is -1.41. The Kier molecular flexibility index (Phi) is 7.13. The highest BCUT2D eigenvalue weighted by Gasteiger charge is 2.23. The first-order chi connectivity index (χ1) is 6.99. The lowest BCUT2D eigenvalue weighted by molar-refractivity contribution is 0.349. The zero-order valence-electron chi connectivity index (χ0n) is 10.3. The van der Waals surface area contributed by atoms with Crippen molar-refractivity contribution in [3.8, 4) is 0 Å². The van der Waals surface area contributed by atoms with Gasteiger partial charge in [0.2, 0.25) is 10.0 Å². The van der Waals surface area contributed by atoms with E-state index in [4.69, 9.17) is 0 Å². The largest absolute Gasteiger partial charge is 0.316 e. The molecule has 0 aliphatic rings. The number of hydrogen-bond donors (Lipinski definition) is 1. The minimum atomic E-state index is -3.09. The maximum absolute atomic E-state index is 11.9. The molecule has 0 amide bonds. The second-order valence-corrected chi connectivity index (χ2v) is 5.80. The molecule has 0 spiro atoms. The standard InChI is InChI=1S/C10H24N2O2S/c1-5-10(6-2)12(4)15(13,14)9-8-11-7-3/h10-11H,5-9H2,1-4H3. The van der Waals surface area contributed by atoms with Crippen molar-refractivity contribution in [3.63, 3.8) is 0 Å². The van der Waals surface area contributed by atoms with Crippen LogP contribution in [-0.2, 0) is 10.0 Å². The molecule has 0 fully saturated rings. The minimum Gasteiger partial charge on any atom is -0.316 e. The number of rotatable bonds is 8. The van der Waals surface area contributed by atoms with Crippen LogP contribution in [0.25, 0.3) is 0 Å². The molecule has 0 atom stereocenters. The molecular formula is C10H24N2O2S. The molecule has 0 saturated heterocycles. The van der Waals surface area contributed by atoms with E-state index in [1.807, 2.05) is 20.8 Å². The summed E-state index contributed by atoms with van der Waals surface area (Å²) in [6, 6.07) is 0.136. The van der Waals surface area contributed by atoms with Gasteiger partial charge in [-0.1, -0.05) is 20.8 Å². The minimum absolute atomic E-state index is 0.136. The van der Waals surface area contributed by atoms with E-state index in [2.05, 4.69) is 5.32 Å². The summed E-state index contributed by atoms with van der Waals surface area (Å²) in [5.74, 6) is 0.188. The smallest absolute Gasteiger partial charge is 0.215 e. The molecule has 0 saturated carbocycles. The average molecular weight is 236 g/mol. The quantitative estimate of drug-likeness (QED) is 0.641. The van der Waals surface area contributed by atoms with Gasteiger partial charge in [0.1, 0.15) is 0 Å². The van der Waals surface area contributed by atoms with Crippen LogP contribution in [0, 0.1) is 0 Å². The molecule has 0 aromatic heterocycles. The second kappa shape index (κ2) is 7.19. The summed E-state index contributed by atoms with van der Waals surface area (Å²) in [6.45, 7) is 7.35. The van der Waals surface area contributed by atoms with E-state index in [1.54, 1.807) is 7.05 Å². The Bertz CT molecular complexity index is 248. The van der Waals surface area contributed by atoms with Crippen LogP contribution < -0.4 is 5.32 Å². The molecule has 0 heterocycles. The topological polar surface area (TPSA) is 49.4 Å². The third-order valence-electron chi connectivity index (χ3n) is 2.68. The van der Waals surface area contributed by atoms with Crippen molar-refractivity contribution in [3.05, 3.63) is 0 Å². The predicted octanol–water partition coefficient (Wildman–Crippen LogP) is 1.05. The lowest BCUT2D eigenvalue weighted by Crippen LogP contribution is -2.39. The third kappa shape index (κ3) is 4.95. The summed E-state index contributed by atoms with van der Waals surface area (Å²) in [4.78, 5) is 0. The van der Waals surface area contributed by atoms with Crippen LogP contribution in [0.5, 0.6) is 0 Å². The van der Waals surface area contributed by atoms with Gasteiger partial charge < -0.3 is 5.32 Å². The van der Waals surface area contributed by atoms with Crippen LogP contribution in [0.2, 0.25) is 0 Å². The summed E-state index contributed by atoms with van der Waals surface area (Å²) in [6.07, 6.45) is 1.74. The molecule has 15 heavy (non-hydrogen) atoms. The average Bonchev–Trinajstić information content (AvgIpc) is 2.19. The van der Waals surface area contributed by atoms with Gasteiger partial charge in [0.25, 0.3) is 0 Å². The van der Waals surface area contributed by atoms with Crippen molar-refractivity contribution in [2.45, 2.75) is 39.7 Å². The highest BCUT2D eigenvalue weighted by atomic mass is 32.2. The number of nitrogens with one attached hydrogen (secondary N) is 1. The molecule has 0 aliphatic heterocycles. The predicted molar refractivity (Wildman–Crippen MR) is 64.5 cm³/mol. The van der Waals surface area contributed by atoms with E-state index in [0.717, 1.165) is 19.4 Å². The molecule has 0 rings (SSSR count). The van der Waals surface area contributed by atoms with E-state index in [9.17, 15) is 8.42 Å². The van der Waals surface area contributed by atoms with Gasteiger partial charge >= 0.3 is 0 Å². The van der Waals surface area contributed by atoms with Gasteiger partial charge in [-0.05, 0) is 19.4 Å². The maximum Gasteiger partial charge on any atom is 0.215 e. The Morgan fingerprint density at radius 3 is 2.13 bits per heavy atom. The van der Waals surface area contributed by atoms with Crippen LogP contribution in [0.15, 0.2) is 0 Å². The van der Waals surface area contributed by atoms with Crippen LogP contribution in [0.3, 0.4) is 0 Å². The SMILES string of the molecule is CCNCCS(=O)(=O)N(C)C(CC)CC. The van der Waals surface area contributed by atoms with E-state index in [0.29, 0.717) is 6.54 Å². The molecule has 0 aromatic rings. The van der Waals surface area contributed by atoms with E-state index < -0.39 is 10.0 Å². The zero-order chi connectivity index (χ0) is 11.9. The van der Waals surface area contributed by atoms with Crippen LogP contribution in [-0.4, -0.2) is 44.7 Å². The van der Waals surface area contributed by atoms with Crippen molar-refractivity contribution in [1.82, 2.24) is 9.62 Å². The Labute approximate surface area is 94.1 Å². The Balaban J connectivity index is 4.30. The van der Waals surface area contributed by atoms with Crippen LogP contribution in [0.1, 0.15) is 33.6 Å². The zero-order valence-corrected chi connectivity index (χ0v) is 11.1. The molecule has 0 aliphatic carbocycles. The fourth-order valence-electron chi connectivity index (χ4n) is 1.55. The van der Waals surface area contributed by atoms with Crippen molar-refractivity contribution >= 4 is 10.0 Å². The Morgan fingerprint density at radius 1 is 1.20 bits per heavy atom. The first-order valence-corrected chi connectivity index (χ1v) is 7.26.